The van der Waals surface area contributed by atoms with Crippen LogP contribution in [0.1, 0.15) is 66.2 Å². The average molecular weight is 318 g/mol. The molecule has 0 aliphatic rings. The lowest BCUT2D eigenvalue weighted by Gasteiger charge is -2.17. The number of rotatable bonds is 14. The van der Waals surface area contributed by atoms with Gasteiger partial charge in [0.15, 0.2) is 0 Å². The molecule has 0 rings (SSSR count). The summed E-state index contributed by atoms with van der Waals surface area (Å²) in [6, 6.07) is 0. The molecular formula is C17H34O5. The Morgan fingerprint density at radius 3 is 1.45 bits per heavy atom. The predicted octanol–water partition coefficient (Wildman–Crippen LogP) is 4.33. The van der Waals surface area contributed by atoms with E-state index in [9.17, 15) is 4.79 Å². The molecule has 0 amide bonds. The Balaban J connectivity index is 3.75. The van der Waals surface area contributed by atoms with E-state index in [1.54, 1.807) is 0 Å². The molecule has 0 radical (unpaired) electrons. The molecule has 132 valence electrons. The van der Waals surface area contributed by atoms with E-state index in [-0.39, 0.29) is 12.2 Å². The Morgan fingerprint density at radius 1 is 0.727 bits per heavy atom. The molecule has 0 N–H and O–H groups in total. The van der Waals surface area contributed by atoms with E-state index >= 15 is 0 Å². The number of carbonyl (C=O) groups excluding carboxylic acids is 1. The van der Waals surface area contributed by atoms with Gasteiger partial charge in [0.25, 0.3) is 0 Å². The average Bonchev–Trinajstić information content (AvgIpc) is 2.48. The van der Waals surface area contributed by atoms with Gasteiger partial charge in [0, 0.05) is 26.1 Å². The highest BCUT2D eigenvalue weighted by Gasteiger charge is 2.12. The van der Waals surface area contributed by atoms with E-state index in [0.717, 1.165) is 25.7 Å². The van der Waals surface area contributed by atoms with Crippen LogP contribution in [0.5, 0.6) is 0 Å². The van der Waals surface area contributed by atoms with E-state index in [0.29, 0.717) is 39.3 Å². The summed E-state index contributed by atoms with van der Waals surface area (Å²) in [5, 5.41) is 0. The molecule has 22 heavy (non-hydrogen) atoms. The zero-order chi connectivity index (χ0) is 16.6. The Labute approximate surface area is 135 Å². The van der Waals surface area contributed by atoms with Crippen molar-refractivity contribution in [1.29, 1.82) is 0 Å². The molecular weight excluding hydrogens is 284 g/mol. The van der Waals surface area contributed by atoms with Crippen LogP contribution in [0.3, 0.4) is 0 Å². The van der Waals surface area contributed by atoms with Crippen molar-refractivity contribution in [2.24, 2.45) is 0 Å². The van der Waals surface area contributed by atoms with Gasteiger partial charge in [0.2, 0.25) is 0 Å². The number of ether oxygens (including phenoxy) is 4. The Morgan fingerprint density at radius 2 is 1.14 bits per heavy atom. The van der Waals surface area contributed by atoms with Gasteiger partial charge in [-0.25, -0.2) is 4.79 Å². The Bertz CT molecular complexity index is 221. The maximum Gasteiger partial charge on any atom is 0.508 e. The van der Waals surface area contributed by atoms with E-state index in [1.165, 1.54) is 0 Å². The molecule has 0 spiro atoms. The van der Waals surface area contributed by atoms with Gasteiger partial charge in [-0.05, 0) is 26.7 Å². The molecule has 2 atom stereocenters. The summed E-state index contributed by atoms with van der Waals surface area (Å²) in [6.45, 7) is 10.2. The van der Waals surface area contributed by atoms with Crippen LogP contribution in [0.25, 0.3) is 0 Å². The van der Waals surface area contributed by atoms with Crippen molar-refractivity contribution in [2.75, 3.05) is 26.4 Å². The SMILES string of the molecule is CCCC(CCOC(=O)OCCC(CCC)OCC)OCC. The van der Waals surface area contributed by atoms with Gasteiger partial charge in [-0.1, -0.05) is 26.7 Å². The van der Waals surface area contributed by atoms with E-state index < -0.39 is 6.16 Å². The van der Waals surface area contributed by atoms with Gasteiger partial charge in [-0.15, -0.1) is 0 Å². The molecule has 0 aromatic heterocycles. The van der Waals surface area contributed by atoms with Crippen molar-refractivity contribution < 1.29 is 23.7 Å². The monoisotopic (exact) mass is 318 g/mol. The lowest BCUT2D eigenvalue weighted by molar-refractivity contribution is 0.00426. The van der Waals surface area contributed by atoms with Crippen LogP contribution in [0, 0.1) is 0 Å². The zero-order valence-electron chi connectivity index (χ0n) is 14.8. The van der Waals surface area contributed by atoms with Crippen molar-refractivity contribution in [3.05, 3.63) is 0 Å². The molecule has 0 bridgehead atoms. The summed E-state index contributed by atoms with van der Waals surface area (Å²) < 4.78 is 21.3. The number of hydrogen-bond donors (Lipinski definition) is 0. The third-order valence-corrected chi connectivity index (χ3v) is 3.35. The molecule has 0 heterocycles. The molecule has 0 aromatic carbocycles. The first kappa shape index (κ1) is 21.2. The van der Waals surface area contributed by atoms with Gasteiger partial charge >= 0.3 is 6.16 Å². The molecule has 5 heteroatoms. The standard InChI is InChI=1S/C17H34O5/c1-5-9-15(19-7-3)11-13-21-17(18)22-14-12-16(10-6-2)20-8-4/h15-16H,5-14H2,1-4H3. The third kappa shape index (κ3) is 11.8. The lowest BCUT2D eigenvalue weighted by Crippen LogP contribution is -2.19. The van der Waals surface area contributed by atoms with Crippen LogP contribution in [-0.2, 0) is 18.9 Å². The maximum atomic E-state index is 11.5. The maximum absolute atomic E-state index is 11.5. The minimum absolute atomic E-state index is 0.162. The van der Waals surface area contributed by atoms with Gasteiger partial charge in [-0.2, -0.15) is 0 Å². The molecule has 0 fully saturated rings. The molecule has 2 unspecified atom stereocenters. The van der Waals surface area contributed by atoms with Crippen LogP contribution < -0.4 is 0 Å². The van der Waals surface area contributed by atoms with Crippen LogP contribution in [0.2, 0.25) is 0 Å². The van der Waals surface area contributed by atoms with Crippen molar-refractivity contribution >= 4 is 6.16 Å². The van der Waals surface area contributed by atoms with Crippen LogP contribution >= 0.6 is 0 Å². The van der Waals surface area contributed by atoms with E-state index in [1.807, 2.05) is 13.8 Å². The van der Waals surface area contributed by atoms with Gasteiger partial charge in [0.1, 0.15) is 0 Å². The van der Waals surface area contributed by atoms with Crippen LogP contribution in [0.4, 0.5) is 4.79 Å². The van der Waals surface area contributed by atoms with Crippen molar-refractivity contribution in [1.82, 2.24) is 0 Å². The van der Waals surface area contributed by atoms with Crippen molar-refractivity contribution in [3.8, 4) is 0 Å². The molecule has 0 saturated heterocycles. The van der Waals surface area contributed by atoms with Gasteiger partial charge < -0.3 is 18.9 Å². The third-order valence-electron chi connectivity index (χ3n) is 3.35. The molecule has 0 aromatic rings. The summed E-state index contributed by atoms with van der Waals surface area (Å²) in [7, 11) is 0. The van der Waals surface area contributed by atoms with Gasteiger partial charge in [-0.3, -0.25) is 0 Å². The van der Waals surface area contributed by atoms with Crippen LogP contribution in [0.15, 0.2) is 0 Å². The molecule has 0 saturated carbocycles. The summed E-state index contributed by atoms with van der Waals surface area (Å²) in [6.07, 6.45) is 5.25. The highest BCUT2D eigenvalue weighted by molar-refractivity contribution is 5.59. The quantitative estimate of drug-likeness (QED) is 0.446. The van der Waals surface area contributed by atoms with E-state index in [2.05, 4.69) is 13.8 Å². The molecule has 5 nitrogen and oxygen atoms in total. The zero-order valence-corrected chi connectivity index (χ0v) is 14.8. The highest BCUT2D eigenvalue weighted by Crippen LogP contribution is 2.09. The predicted molar refractivity (Wildman–Crippen MR) is 87.2 cm³/mol. The van der Waals surface area contributed by atoms with Crippen LogP contribution in [-0.4, -0.2) is 44.8 Å². The van der Waals surface area contributed by atoms with Crippen molar-refractivity contribution in [2.45, 2.75) is 78.4 Å². The summed E-state index contributed by atoms with van der Waals surface area (Å²) in [4.78, 5) is 11.5. The lowest BCUT2D eigenvalue weighted by atomic mass is 10.1. The van der Waals surface area contributed by atoms with Gasteiger partial charge in [0.05, 0.1) is 25.4 Å². The number of carbonyl (C=O) groups is 1. The minimum Gasteiger partial charge on any atom is -0.434 e. The Hall–Kier alpha value is -0.810. The molecule has 0 aliphatic heterocycles. The number of hydrogen-bond acceptors (Lipinski definition) is 5. The fourth-order valence-corrected chi connectivity index (χ4v) is 2.33. The smallest absolute Gasteiger partial charge is 0.434 e. The normalized spacial score (nSPS) is 13.6. The first-order chi connectivity index (χ1) is 10.7. The second-order valence-electron chi connectivity index (χ2n) is 5.26. The Kier molecular flexibility index (Phi) is 14.5. The topological polar surface area (TPSA) is 54.0 Å². The largest absolute Gasteiger partial charge is 0.508 e. The fraction of sp³-hybridized carbons (Fsp3) is 0.941. The van der Waals surface area contributed by atoms with E-state index in [4.69, 9.17) is 18.9 Å². The first-order valence-corrected chi connectivity index (χ1v) is 8.70. The second-order valence-corrected chi connectivity index (χ2v) is 5.26. The second kappa shape index (κ2) is 15.1. The van der Waals surface area contributed by atoms with Crippen molar-refractivity contribution in [3.63, 3.8) is 0 Å². The first-order valence-electron chi connectivity index (χ1n) is 8.70. The minimum atomic E-state index is -0.599. The summed E-state index contributed by atoms with van der Waals surface area (Å²) in [5.74, 6) is 0. The summed E-state index contributed by atoms with van der Waals surface area (Å²) >= 11 is 0. The molecule has 0 aliphatic carbocycles. The summed E-state index contributed by atoms with van der Waals surface area (Å²) in [5.41, 5.74) is 0. The fourth-order valence-electron chi connectivity index (χ4n) is 2.33. The highest BCUT2D eigenvalue weighted by atomic mass is 16.7.